The van der Waals surface area contributed by atoms with Crippen LogP contribution in [0.5, 0.6) is 0 Å². The molecule has 0 bridgehead atoms. The van der Waals surface area contributed by atoms with Crippen molar-refractivity contribution < 1.29 is 0 Å². The van der Waals surface area contributed by atoms with Gasteiger partial charge in [-0.25, -0.2) is 0 Å². The van der Waals surface area contributed by atoms with Crippen LogP contribution in [0.25, 0.3) is 11.1 Å². The molecule has 84 valence electrons. The highest BCUT2D eigenvalue weighted by atomic mass is 79.9. The summed E-state index contributed by atoms with van der Waals surface area (Å²) >= 11 is 3.55. The van der Waals surface area contributed by atoms with Crippen LogP contribution in [0.4, 0.5) is 0 Å². The second-order valence-corrected chi connectivity index (χ2v) is 4.49. The lowest BCUT2D eigenvalue weighted by Gasteiger charge is -2.04. The molecule has 2 aromatic rings. The minimum atomic E-state index is 0.703. The molecule has 2 rings (SSSR count). The first-order chi connectivity index (χ1) is 7.83. The summed E-state index contributed by atoms with van der Waals surface area (Å²) in [4.78, 5) is 0. The lowest BCUT2D eigenvalue weighted by atomic mass is 10.0. The second-order valence-electron chi connectivity index (χ2n) is 3.63. The highest BCUT2D eigenvalue weighted by Crippen LogP contribution is 2.29. The van der Waals surface area contributed by atoms with Crippen LogP contribution in [0.3, 0.4) is 0 Å². The number of H-pyrrole nitrogens is 1. The van der Waals surface area contributed by atoms with Crippen molar-refractivity contribution in [1.29, 1.82) is 0 Å². The van der Waals surface area contributed by atoms with Gasteiger partial charge in [-0.3, -0.25) is 5.10 Å². The van der Waals surface area contributed by atoms with E-state index in [1.54, 1.807) is 0 Å². The number of aromatic nitrogens is 2. The van der Waals surface area contributed by atoms with E-state index in [9.17, 15) is 0 Å². The molecule has 0 aliphatic carbocycles. The maximum absolute atomic E-state index is 5.52. The number of aromatic amines is 1. The number of nitrogens with zero attached hydrogens (tertiary/aromatic N) is 1. The zero-order valence-corrected chi connectivity index (χ0v) is 10.5. The average Bonchev–Trinajstić information content (AvgIpc) is 2.75. The molecule has 1 aromatic heterocycles. The van der Waals surface area contributed by atoms with Gasteiger partial charge in [0.2, 0.25) is 0 Å². The van der Waals surface area contributed by atoms with Crippen molar-refractivity contribution in [2.75, 3.05) is 6.54 Å². The molecular formula is C12H14BrN3. The molecule has 4 heteroatoms. The Hall–Kier alpha value is -1.13. The lowest BCUT2D eigenvalue weighted by molar-refractivity contribution is 0.804. The molecule has 0 aliphatic rings. The first kappa shape index (κ1) is 11.4. The Bertz CT molecular complexity index is 465. The zero-order valence-electron chi connectivity index (χ0n) is 8.91. The van der Waals surface area contributed by atoms with E-state index in [2.05, 4.69) is 32.2 Å². The Kier molecular flexibility index (Phi) is 3.74. The van der Waals surface area contributed by atoms with Crippen LogP contribution in [0.1, 0.15) is 12.1 Å². The number of hydrogen-bond donors (Lipinski definition) is 2. The van der Waals surface area contributed by atoms with Gasteiger partial charge in [-0.05, 0) is 31.0 Å². The van der Waals surface area contributed by atoms with Crippen molar-refractivity contribution in [2.24, 2.45) is 5.73 Å². The van der Waals surface area contributed by atoms with E-state index in [0.29, 0.717) is 6.54 Å². The fourth-order valence-electron chi connectivity index (χ4n) is 1.69. The largest absolute Gasteiger partial charge is 0.330 e. The summed E-state index contributed by atoms with van der Waals surface area (Å²) in [5.74, 6) is 0. The number of aryl methyl sites for hydroxylation is 1. The number of nitrogens with one attached hydrogen (secondary N) is 1. The molecular weight excluding hydrogens is 266 g/mol. The fraction of sp³-hybridized carbons (Fsp3) is 0.250. The second kappa shape index (κ2) is 5.27. The number of rotatable bonds is 4. The summed E-state index contributed by atoms with van der Waals surface area (Å²) in [7, 11) is 0. The summed E-state index contributed by atoms with van der Waals surface area (Å²) < 4.78 is 1.09. The maximum Gasteiger partial charge on any atom is 0.0569 e. The third-order valence-corrected chi connectivity index (χ3v) is 3.20. The highest BCUT2D eigenvalue weighted by molar-refractivity contribution is 9.10. The Morgan fingerprint density at radius 3 is 2.81 bits per heavy atom. The fourth-order valence-corrected chi connectivity index (χ4v) is 2.19. The molecule has 1 aromatic carbocycles. The van der Waals surface area contributed by atoms with Crippen LogP contribution in [-0.4, -0.2) is 16.7 Å². The van der Waals surface area contributed by atoms with Crippen LogP contribution >= 0.6 is 15.9 Å². The van der Waals surface area contributed by atoms with E-state index in [4.69, 9.17) is 5.73 Å². The summed E-state index contributed by atoms with van der Waals surface area (Å²) in [6, 6.07) is 8.16. The molecule has 0 spiro atoms. The van der Waals surface area contributed by atoms with Gasteiger partial charge in [0.25, 0.3) is 0 Å². The molecule has 0 atom stereocenters. The number of halogens is 1. The molecule has 0 saturated heterocycles. The van der Waals surface area contributed by atoms with E-state index in [1.165, 1.54) is 5.56 Å². The first-order valence-corrected chi connectivity index (χ1v) is 6.09. The van der Waals surface area contributed by atoms with Crippen molar-refractivity contribution in [3.05, 3.63) is 40.6 Å². The molecule has 3 nitrogen and oxygen atoms in total. The third kappa shape index (κ3) is 2.33. The summed E-state index contributed by atoms with van der Waals surface area (Å²) in [5, 5.41) is 7.15. The third-order valence-electron chi connectivity index (χ3n) is 2.51. The smallest absolute Gasteiger partial charge is 0.0569 e. The monoisotopic (exact) mass is 279 g/mol. The van der Waals surface area contributed by atoms with Gasteiger partial charge >= 0.3 is 0 Å². The maximum atomic E-state index is 5.52. The van der Waals surface area contributed by atoms with Crippen molar-refractivity contribution in [1.82, 2.24) is 10.2 Å². The van der Waals surface area contributed by atoms with E-state index < -0.39 is 0 Å². The molecule has 0 radical (unpaired) electrons. The van der Waals surface area contributed by atoms with E-state index in [1.807, 2.05) is 24.4 Å². The van der Waals surface area contributed by atoms with Crippen molar-refractivity contribution in [3.8, 4) is 11.1 Å². The van der Waals surface area contributed by atoms with Gasteiger partial charge in [0.15, 0.2) is 0 Å². The summed E-state index contributed by atoms with van der Waals surface area (Å²) in [6.45, 7) is 0.703. The van der Waals surface area contributed by atoms with Crippen LogP contribution < -0.4 is 5.73 Å². The predicted octanol–water partition coefficient (Wildman–Crippen LogP) is 2.73. The molecule has 16 heavy (non-hydrogen) atoms. The quantitative estimate of drug-likeness (QED) is 0.904. The minimum absolute atomic E-state index is 0.703. The summed E-state index contributed by atoms with van der Waals surface area (Å²) in [6.07, 6.45) is 3.78. The Morgan fingerprint density at radius 1 is 1.25 bits per heavy atom. The molecule has 0 unspecified atom stereocenters. The van der Waals surface area contributed by atoms with Crippen LogP contribution in [-0.2, 0) is 6.42 Å². The summed E-state index contributed by atoms with van der Waals surface area (Å²) in [5.41, 5.74) is 8.99. The molecule has 0 aliphatic heterocycles. The topological polar surface area (TPSA) is 54.7 Å². The number of benzene rings is 1. The van der Waals surface area contributed by atoms with Gasteiger partial charge in [-0.1, -0.05) is 34.1 Å². The SMILES string of the molecule is NCCCc1[nH]ncc1-c1ccccc1Br. The predicted molar refractivity (Wildman–Crippen MR) is 69.1 cm³/mol. The Morgan fingerprint density at radius 2 is 2.06 bits per heavy atom. The molecule has 0 saturated carbocycles. The normalized spacial score (nSPS) is 10.6. The lowest BCUT2D eigenvalue weighted by Crippen LogP contribution is -2.01. The van der Waals surface area contributed by atoms with E-state index in [0.717, 1.165) is 28.6 Å². The van der Waals surface area contributed by atoms with E-state index in [-0.39, 0.29) is 0 Å². The van der Waals surface area contributed by atoms with Gasteiger partial charge in [-0.15, -0.1) is 0 Å². The highest BCUT2D eigenvalue weighted by Gasteiger charge is 2.09. The van der Waals surface area contributed by atoms with Crippen molar-refractivity contribution >= 4 is 15.9 Å². The van der Waals surface area contributed by atoms with Gasteiger partial charge in [0.1, 0.15) is 0 Å². The van der Waals surface area contributed by atoms with Crippen molar-refractivity contribution in [2.45, 2.75) is 12.8 Å². The van der Waals surface area contributed by atoms with E-state index >= 15 is 0 Å². The Balaban J connectivity index is 2.33. The van der Waals surface area contributed by atoms with Crippen molar-refractivity contribution in [3.63, 3.8) is 0 Å². The minimum Gasteiger partial charge on any atom is -0.330 e. The molecule has 3 N–H and O–H groups in total. The molecule has 0 amide bonds. The van der Waals surface area contributed by atoms with Crippen LogP contribution in [0, 0.1) is 0 Å². The van der Waals surface area contributed by atoms with Gasteiger partial charge in [0.05, 0.1) is 6.20 Å². The van der Waals surface area contributed by atoms with Gasteiger partial charge in [-0.2, -0.15) is 5.10 Å². The molecule has 1 heterocycles. The average molecular weight is 280 g/mol. The number of hydrogen-bond acceptors (Lipinski definition) is 2. The van der Waals surface area contributed by atoms with Crippen LogP contribution in [0.2, 0.25) is 0 Å². The first-order valence-electron chi connectivity index (χ1n) is 5.30. The standard InChI is InChI=1S/C12H14BrN3/c13-11-5-2-1-4-9(11)10-8-15-16-12(10)6-3-7-14/h1-2,4-5,8H,3,6-7,14H2,(H,15,16). The Labute approximate surface area is 103 Å². The van der Waals surface area contributed by atoms with Gasteiger partial charge in [0, 0.05) is 15.7 Å². The number of nitrogens with two attached hydrogens (primary N) is 1. The zero-order chi connectivity index (χ0) is 11.4. The van der Waals surface area contributed by atoms with Gasteiger partial charge < -0.3 is 5.73 Å². The van der Waals surface area contributed by atoms with Crippen LogP contribution in [0.15, 0.2) is 34.9 Å². The molecule has 0 fully saturated rings.